The number of nitrogens with two attached hydrogens (primary N) is 1. The monoisotopic (exact) mass is 330 g/mol. The normalized spacial score (nSPS) is 26.4. The fraction of sp³-hybridized carbons (Fsp3) is 0.571. The molecule has 19 heavy (non-hydrogen) atoms. The molecule has 1 aliphatic rings. The van der Waals surface area contributed by atoms with Crippen LogP contribution in [0, 0.1) is 5.82 Å². The van der Waals surface area contributed by atoms with Gasteiger partial charge in [-0.3, -0.25) is 4.90 Å². The van der Waals surface area contributed by atoms with Crippen LogP contribution in [-0.4, -0.2) is 36.7 Å². The summed E-state index contributed by atoms with van der Waals surface area (Å²) in [6.45, 7) is 6.03. The zero-order chi connectivity index (χ0) is 14.0. The largest absolute Gasteiger partial charge is 0.373 e. The van der Waals surface area contributed by atoms with Crippen LogP contribution in [0.1, 0.15) is 25.5 Å². The van der Waals surface area contributed by atoms with E-state index in [1.165, 1.54) is 6.07 Å². The van der Waals surface area contributed by atoms with E-state index in [9.17, 15) is 4.39 Å². The van der Waals surface area contributed by atoms with Gasteiger partial charge in [-0.15, -0.1) is 0 Å². The highest BCUT2D eigenvalue weighted by Gasteiger charge is 2.29. The van der Waals surface area contributed by atoms with Gasteiger partial charge >= 0.3 is 0 Å². The Bertz CT molecular complexity index is 433. The SMILES string of the molecule is CC1CN(C(CN)c2ccc(Br)cc2F)CC(C)O1. The van der Waals surface area contributed by atoms with E-state index in [0.29, 0.717) is 12.1 Å². The van der Waals surface area contributed by atoms with Crippen molar-refractivity contribution in [3.8, 4) is 0 Å². The van der Waals surface area contributed by atoms with Crippen molar-refractivity contribution in [1.29, 1.82) is 0 Å². The minimum absolute atomic E-state index is 0.0955. The Labute approximate surface area is 122 Å². The van der Waals surface area contributed by atoms with Crippen molar-refractivity contribution in [2.75, 3.05) is 19.6 Å². The minimum atomic E-state index is -0.211. The van der Waals surface area contributed by atoms with Gasteiger partial charge in [0.25, 0.3) is 0 Å². The molecule has 1 heterocycles. The number of nitrogens with zero attached hydrogens (tertiary/aromatic N) is 1. The van der Waals surface area contributed by atoms with Crippen LogP contribution < -0.4 is 5.73 Å². The molecule has 106 valence electrons. The molecule has 1 aromatic carbocycles. The molecular formula is C14H20BrFN2O. The highest BCUT2D eigenvalue weighted by atomic mass is 79.9. The first-order valence-electron chi connectivity index (χ1n) is 6.55. The Hall–Kier alpha value is -0.490. The predicted octanol–water partition coefficient (Wildman–Crippen LogP) is 2.70. The lowest BCUT2D eigenvalue weighted by Gasteiger charge is -2.40. The van der Waals surface area contributed by atoms with Crippen molar-refractivity contribution in [3.05, 3.63) is 34.1 Å². The Balaban J connectivity index is 2.23. The van der Waals surface area contributed by atoms with E-state index < -0.39 is 0 Å². The molecule has 1 fully saturated rings. The quantitative estimate of drug-likeness (QED) is 0.926. The third-order valence-corrected chi connectivity index (χ3v) is 3.93. The molecule has 3 atom stereocenters. The lowest BCUT2D eigenvalue weighted by molar-refractivity contribution is -0.0802. The van der Waals surface area contributed by atoms with Gasteiger partial charge in [0.05, 0.1) is 18.2 Å². The molecule has 0 saturated carbocycles. The highest BCUT2D eigenvalue weighted by Crippen LogP contribution is 2.27. The lowest BCUT2D eigenvalue weighted by atomic mass is 10.0. The van der Waals surface area contributed by atoms with Gasteiger partial charge in [-0.2, -0.15) is 0 Å². The van der Waals surface area contributed by atoms with Gasteiger partial charge in [0.2, 0.25) is 0 Å². The average Bonchev–Trinajstić information content (AvgIpc) is 2.31. The summed E-state index contributed by atoms with van der Waals surface area (Å²) in [7, 11) is 0. The van der Waals surface area contributed by atoms with Gasteiger partial charge in [0, 0.05) is 29.7 Å². The van der Waals surface area contributed by atoms with Crippen LogP contribution in [0.15, 0.2) is 22.7 Å². The van der Waals surface area contributed by atoms with Crippen LogP contribution in [0.25, 0.3) is 0 Å². The first-order chi connectivity index (χ1) is 9.01. The molecule has 5 heteroatoms. The van der Waals surface area contributed by atoms with Crippen LogP contribution in [0.5, 0.6) is 0 Å². The van der Waals surface area contributed by atoms with Crippen LogP contribution in [-0.2, 0) is 4.74 Å². The van der Waals surface area contributed by atoms with Gasteiger partial charge in [-0.25, -0.2) is 4.39 Å². The second-order valence-corrected chi connectivity index (χ2v) is 6.04. The number of morpholine rings is 1. The van der Waals surface area contributed by atoms with Crippen molar-refractivity contribution < 1.29 is 9.13 Å². The molecule has 0 aliphatic carbocycles. The third-order valence-electron chi connectivity index (χ3n) is 3.43. The first kappa shape index (κ1) is 14.9. The number of benzene rings is 1. The summed E-state index contributed by atoms with van der Waals surface area (Å²) in [4.78, 5) is 2.21. The minimum Gasteiger partial charge on any atom is -0.373 e. The van der Waals surface area contributed by atoms with E-state index in [2.05, 4.69) is 20.8 Å². The standard InChI is InChI=1S/C14H20BrFN2O/c1-9-7-18(8-10(2)19-9)14(6-17)12-4-3-11(15)5-13(12)16/h3-5,9-10,14H,6-8,17H2,1-2H3. The molecule has 0 spiro atoms. The molecule has 1 aromatic rings. The van der Waals surface area contributed by atoms with E-state index in [1.54, 1.807) is 0 Å². The summed E-state index contributed by atoms with van der Waals surface area (Å²) < 4.78 is 20.5. The Morgan fingerprint density at radius 3 is 2.58 bits per heavy atom. The summed E-state index contributed by atoms with van der Waals surface area (Å²) >= 11 is 3.28. The second kappa shape index (κ2) is 6.31. The molecular weight excluding hydrogens is 311 g/mol. The maximum atomic E-state index is 14.1. The number of rotatable bonds is 3. The van der Waals surface area contributed by atoms with Crippen LogP contribution in [0.4, 0.5) is 4.39 Å². The van der Waals surface area contributed by atoms with E-state index >= 15 is 0 Å². The molecule has 2 N–H and O–H groups in total. The molecule has 0 bridgehead atoms. The number of halogens is 2. The van der Waals surface area contributed by atoms with Crippen molar-refractivity contribution in [2.45, 2.75) is 32.1 Å². The zero-order valence-corrected chi connectivity index (χ0v) is 12.9. The van der Waals surface area contributed by atoms with E-state index in [1.807, 2.05) is 26.0 Å². The van der Waals surface area contributed by atoms with Gasteiger partial charge in [0.15, 0.2) is 0 Å². The van der Waals surface area contributed by atoms with Crippen LogP contribution in [0.3, 0.4) is 0 Å². The number of hydrogen-bond donors (Lipinski definition) is 1. The molecule has 2 rings (SSSR count). The first-order valence-corrected chi connectivity index (χ1v) is 7.35. The number of ether oxygens (including phenoxy) is 1. The molecule has 1 saturated heterocycles. The van der Waals surface area contributed by atoms with Crippen LogP contribution in [0.2, 0.25) is 0 Å². The van der Waals surface area contributed by atoms with Crippen molar-refractivity contribution in [1.82, 2.24) is 4.90 Å². The van der Waals surface area contributed by atoms with Crippen LogP contribution >= 0.6 is 15.9 Å². The number of hydrogen-bond acceptors (Lipinski definition) is 3. The molecule has 3 nitrogen and oxygen atoms in total. The lowest BCUT2D eigenvalue weighted by Crippen LogP contribution is -2.48. The van der Waals surface area contributed by atoms with Crippen molar-refractivity contribution >= 4 is 15.9 Å². The summed E-state index contributed by atoms with van der Waals surface area (Å²) in [5.74, 6) is -0.211. The third kappa shape index (κ3) is 3.54. The fourth-order valence-electron chi connectivity index (χ4n) is 2.72. The topological polar surface area (TPSA) is 38.5 Å². The van der Waals surface area contributed by atoms with Gasteiger partial charge in [-0.1, -0.05) is 22.0 Å². The maximum Gasteiger partial charge on any atom is 0.129 e. The van der Waals surface area contributed by atoms with Gasteiger partial charge in [0.1, 0.15) is 5.82 Å². The Morgan fingerprint density at radius 1 is 1.42 bits per heavy atom. The van der Waals surface area contributed by atoms with Gasteiger partial charge < -0.3 is 10.5 Å². The summed E-state index contributed by atoms with van der Waals surface area (Å²) in [5, 5.41) is 0. The molecule has 0 radical (unpaired) electrons. The van der Waals surface area contributed by atoms with E-state index in [-0.39, 0.29) is 24.1 Å². The smallest absolute Gasteiger partial charge is 0.129 e. The Kier molecular flexibility index (Phi) is 4.95. The molecule has 1 aliphatic heterocycles. The van der Waals surface area contributed by atoms with Crippen molar-refractivity contribution in [2.24, 2.45) is 5.73 Å². The fourth-order valence-corrected chi connectivity index (χ4v) is 3.05. The zero-order valence-electron chi connectivity index (χ0n) is 11.3. The average molecular weight is 331 g/mol. The van der Waals surface area contributed by atoms with E-state index in [0.717, 1.165) is 17.6 Å². The summed E-state index contributed by atoms with van der Waals surface area (Å²) in [6, 6.07) is 5.06. The van der Waals surface area contributed by atoms with Crippen molar-refractivity contribution in [3.63, 3.8) is 0 Å². The second-order valence-electron chi connectivity index (χ2n) is 5.13. The maximum absolute atomic E-state index is 14.1. The van der Waals surface area contributed by atoms with E-state index in [4.69, 9.17) is 10.5 Å². The predicted molar refractivity (Wildman–Crippen MR) is 77.5 cm³/mol. The summed E-state index contributed by atoms with van der Waals surface area (Å²) in [6.07, 6.45) is 0.299. The summed E-state index contributed by atoms with van der Waals surface area (Å²) in [5.41, 5.74) is 6.53. The molecule has 3 unspecified atom stereocenters. The highest BCUT2D eigenvalue weighted by molar-refractivity contribution is 9.10. The molecule has 0 aromatic heterocycles. The molecule has 0 amide bonds. The van der Waals surface area contributed by atoms with Gasteiger partial charge in [-0.05, 0) is 26.0 Å². The Morgan fingerprint density at radius 2 is 2.05 bits per heavy atom.